The van der Waals surface area contributed by atoms with Gasteiger partial charge in [0.15, 0.2) is 0 Å². The van der Waals surface area contributed by atoms with E-state index < -0.39 is 17.3 Å². The molecule has 1 aliphatic rings. The zero-order valence-corrected chi connectivity index (χ0v) is 13.0. The van der Waals surface area contributed by atoms with Crippen LogP contribution >= 0.6 is 15.9 Å². The SMILES string of the molecule is CC1(C)CN(c2ccc(CBr)cc2C(F)(F)F)CCO1. The first kappa shape index (κ1) is 15.6. The van der Waals surface area contributed by atoms with Crippen molar-refractivity contribution in [3.8, 4) is 0 Å². The van der Waals surface area contributed by atoms with Crippen LogP contribution in [0.5, 0.6) is 0 Å². The first-order valence-corrected chi connectivity index (χ1v) is 7.50. The van der Waals surface area contributed by atoms with Gasteiger partial charge in [0.1, 0.15) is 0 Å². The van der Waals surface area contributed by atoms with Gasteiger partial charge >= 0.3 is 6.18 Å². The summed E-state index contributed by atoms with van der Waals surface area (Å²) < 4.78 is 45.3. The smallest absolute Gasteiger partial charge is 0.372 e. The molecule has 1 aliphatic heterocycles. The fraction of sp³-hybridized carbons (Fsp3) is 0.571. The fourth-order valence-corrected chi connectivity index (χ4v) is 2.74. The molecule has 0 aromatic heterocycles. The fourth-order valence-electron chi connectivity index (χ4n) is 2.39. The van der Waals surface area contributed by atoms with Crippen molar-refractivity contribution in [2.75, 3.05) is 24.6 Å². The minimum atomic E-state index is -4.35. The van der Waals surface area contributed by atoms with Crippen LogP contribution in [0.25, 0.3) is 0 Å². The highest BCUT2D eigenvalue weighted by Crippen LogP contribution is 2.38. The lowest BCUT2D eigenvalue weighted by Gasteiger charge is -2.40. The van der Waals surface area contributed by atoms with E-state index in [1.807, 2.05) is 13.8 Å². The van der Waals surface area contributed by atoms with Crippen molar-refractivity contribution in [2.24, 2.45) is 0 Å². The summed E-state index contributed by atoms with van der Waals surface area (Å²) in [7, 11) is 0. The lowest BCUT2D eigenvalue weighted by Crippen LogP contribution is -2.48. The van der Waals surface area contributed by atoms with Crippen LogP contribution in [0.2, 0.25) is 0 Å². The topological polar surface area (TPSA) is 12.5 Å². The third kappa shape index (κ3) is 3.47. The summed E-state index contributed by atoms with van der Waals surface area (Å²) in [6, 6.07) is 4.50. The van der Waals surface area contributed by atoms with Gasteiger partial charge in [0.05, 0.1) is 17.8 Å². The number of nitrogens with zero attached hydrogens (tertiary/aromatic N) is 1. The number of hydrogen-bond donors (Lipinski definition) is 0. The number of rotatable bonds is 2. The minimum Gasteiger partial charge on any atom is -0.372 e. The molecular weight excluding hydrogens is 335 g/mol. The summed E-state index contributed by atoms with van der Waals surface area (Å²) in [4.78, 5) is 1.75. The number of benzene rings is 1. The summed E-state index contributed by atoms with van der Waals surface area (Å²) in [6.45, 7) is 5.13. The van der Waals surface area contributed by atoms with Crippen LogP contribution in [0, 0.1) is 0 Å². The standard InChI is InChI=1S/C14H17BrF3NO/c1-13(2)9-19(5-6-20-13)12-4-3-10(8-15)7-11(12)14(16,17)18/h3-4,7H,5-6,8-9H2,1-2H3. The molecule has 0 radical (unpaired) electrons. The molecule has 20 heavy (non-hydrogen) atoms. The summed E-state index contributed by atoms with van der Waals surface area (Å²) in [6.07, 6.45) is -4.35. The molecule has 2 nitrogen and oxygen atoms in total. The Hall–Kier alpha value is -0.750. The first-order valence-electron chi connectivity index (χ1n) is 6.38. The second-order valence-corrected chi connectivity index (χ2v) is 6.07. The van der Waals surface area contributed by atoms with E-state index in [9.17, 15) is 13.2 Å². The predicted octanol–water partition coefficient (Wildman–Crippen LogP) is 4.22. The molecule has 0 bridgehead atoms. The Morgan fingerprint density at radius 2 is 2.05 bits per heavy atom. The normalized spacial score (nSPS) is 19.2. The van der Waals surface area contributed by atoms with Gasteiger partial charge in [-0.05, 0) is 31.5 Å². The maximum absolute atomic E-state index is 13.2. The largest absolute Gasteiger partial charge is 0.418 e. The van der Waals surface area contributed by atoms with Gasteiger partial charge in [0.25, 0.3) is 0 Å². The van der Waals surface area contributed by atoms with Crippen LogP contribution in [-0.2, 0) is 16.2 Å². The van der Waals surface area contributed by atoms with Gasteiger partial charge in [0, 0.05) is 24.1 Å². The highest BCUT2D eigenvalue weighted by molar-refractivity contribution is 9.08. The Balaban J connectivity index is 2.40. The number of ether oxygens (including phenoxy) is 1. The Labute approximate surface area is 125 Å². The van der Waals surface area contributed by atoms with Crippen LogP contribution in [-0.4, -0.2) is 25.3 Å². The zero-order chi connectivity index (χ0) is 15.0. The van der Waals surface area contributed by atoms with E-state index in [-0.39, 0.29) is 5.69 Å². The van der Waals surface area contributed by atoms with E-state index in [0.717, 1.165) is 0 Å². The quantitative estimate of drug-likeness (QED) is 0.740. The average molecular weight is 352 g/mol. The molecule has 0 spiro atoms. The van der Waals surface area contributed by atoms with Gasteiger partial charge in [0.2, 0.25) is 0 Å². The van der Waals surface area contributed by atoms with E-state index in [1.54, 1.807) is 17.0 Å². The van der Waals surface area contributed by atoms with Gasteiger partial charge in [-0.3, -0.25) is 0 Å². The second-order valence-electron chi connectivity index (χ2n) is 5.51. The Bertz CT molecular complexity index is 488. The molecule has 2 rings (SSSR count). The first-order chi connectivity index (χ1) is 9.23. The van der Waals surface area contributed by atoms with Gasteiger partial charge < -0.3 is 9.64 Å². The monoisotopic (exact) mass is 351 g/mol. The van der Waals surface area contributed by atoms with Gasteiger partial charge in [-0.1, -0.05) is 22.0 Å². The number of halogens is 4. The summed E-state index contributed by atoms with van der Waals surface area (Å²) >= 11 is 3.20. The number of hydrogen-bond acceptors (Lipinski definition) is 2. The minimum absolute atomic E-state index is 0.235. The van der Waals surface area contributed by atoms with Crippen molar-refractivity contribution in [2.45, 2.75) is 31.0 Å². The molecule has 1 aromatic rings. The van der Waals surface area contributed by atoms with E-state index in [4.69, 9.17) is 4.74 Å². The lowest BCUT2D eigenvalue weighted by atomic mass is 10.0. The van der Waals surface area contributed by atoms with Crippen molar-refractivity contribution in [3.63, 3.8) is 0 Å². The number of anilines is 1. The molecule has 0 amide bonds. The second kappa shape index (κ2) is 5.56. The highest BCUT2D eigenvalue weighted by atomic mass is 79.9. The maximum atomic E-state index is 13.2. The van der Waals surface area contributed by atoms with Crippen molar-refractivity contribution < 1.29 is 17.9 Å². The summed E-state index contributed by atoms with van der Waals surface area (Å²) in [5, 5.41) is 0.408. The molecular formula is C14H17BrF3NO. The number of morpholine rings is 1. The molecule has 112 valence electrons. The molecule has 1 heterocycles. The van der Waals surface area contributed by atoms with E-state index >= 15 is 0 Å². The predicted molar refractivity (Wildman–Crippen MR) is 76.3 cm³/mol. The molecule has 0 unspecified atom stereocenters. The van der Waals surface area contributed by atoms with E-state index in [0.29, 0.717) is 30.6 Å². The van der Waals surface area contributed by atoms with E-state index in [2.05, 4.69) is 15.9 Å². The van der Waals surface area contributed by atoms with Crippen molar-refractivity contribution in [1.29, 1.82) is 0 Å². The van der Waals surface area contributed by atoms with Gasteiger partial charge in [-0.25, -0.2) is 0 Å². The molecule has 1 saturated heterocycles. The summed E-state index contributed by atoms with van der Waals surface area (Å²) in [5.74, 6) is 0. The molecule has 0 atom stereocenters. The Morgan fingerprint density at radius 3 is 2.60 bits per heavy atom. The van der Waals surface area contributed by atoms with Crippen molar-refractivity contribution in [3.05, 3.63) is 29.3 Å². The van der Waals surface area contributed by atoms with Crippen LogP contribution in [0.4, 0.5) is 18.9 Å². The van der Waals surface area contributed by atoms with Gasteiger partial charge in [-0.15, -0.1) is 0 Å². The van der Waals surface area contributed by atoms with Crippen LogP contribution < -0.4 is 4.90 Å². The molecule has 0 saturated carbocycles. The molecule has 1 aromatic carbocycles. The average Bonchev–Trinajstić information content (AvgIpc) is 2.35. The van der Waals surface area contributed by atoms with Crippen LogP contribution in [0.3, 0.4) is 0 Å². The Kier molecular flexibility index (Phi) is 4.35. The Morgan fingerprint density at radius 1 is 1.35 bits per heavy atom. The number of alkyl halides is 4. The third-order valence-corrected chi connectivity index (χ3v) is 3.93. The molecule has 6 heteroatoms. The third-order valence-electron chi connectivity index (χ3n) is 3.29. The maximum Gasteiger partial charge on any atom is 0.418 e. The van der Waals surface area contributed by atoms with Crippen LogP contribution in [0.15, 0.2) is 18.2 Å². The van der Waals surface area contributed by atoms with Crippen molar-refractivity contribution >= 4 is 21.6 Å². The lowest BCUT2D eigenvalue weighted by molar-refractivity contribution is -0.137. The van der Waals surface area contributed by atoms with Gasteiger partial charge in [-0.2, -0.15) is 13.2 Å². The highest BCUT2D eigenvalue weighted by Gasteiger charge is 2.37. The molecule has 0 aliphatic carbocycles. The van der Waals surface area contributed by atoms with E-state index in [1.165, 1.54) is 6.07 Å². The van der Waals surface area contributed by atoms with Crippen LogP contribution in [0.1, 0.15) is 25.0 Å². The van der Waals surface area contributed by atoms with Crippen molar-refractivity contribution in [1.82, 2.24) is 0 Å². The molecule has 1 fully saturated rings. The summed E-state index contributed by atoms with van der Waals surface area (Å²) in [5.41, 5.74) is -0.158. The zero-order valence-electron chi connectivity index (χ0n) is 11.4. The molecule has 0 N–H and O–H groups in total.